The second-order valence-corrected chi connectivity index (χ2v) is 4.77. The van der Waals surface area contributed by atoms with E-state index < -0.39 is 23.0 Å². The van der Waals surface area contributed by atoms with E-state index in [1.807, 2.05) is 0 Å². The number of carboxylic acids is 1. The van der Waals surface area contributed by atoms with Crippen molar-refractivity contribution < 1.29 is 20.1 Å². The number of carboxylic acid groups (broad SMARTS) is 1. The van der Waals surface area contributed by atoms with Crippen molar-refractivity contribution in [1.29, 1.82) is 0 Å². The smallest absolute Gasteiger partial charge is 0.310 e. The number of aliphatic carboxylic acids is 1. The molecule has 0 spiro atoms. The minimum Gasteiger partial charge on any atom is -0.481 e. The first kappa shape index (κ1) is 14.3. The van der Waals surface area contributed by atoms with Gasteiger partial charge in [-0.2, -0.15) is 0 Å². The van der Waals surface area contributed by atoms with Gasteiger partial charge in [0.2, 0.25) is 0 Å². The molecule has 0 aromatic heterocycles. The minimum absolute atomic E-state index is 0.167. The van der Waals surface area contributed by atoms with Gasteiger partial charge in [0.05, 0.1) is 18.1 Å². The number of aliphatic hydroxyl groups excluding tert-OH is 2. The Labute approximate surface area is 90.1 Å². The van der Waals surface area contributed by atoms with E-state index in [2.05, 4.69) is 5.32 Å². The van der Waals surface area contributed by atoms with Crippen LogP contribution in [0, 0.1) is 5.41 Å². The highest BCUT2D eigenvalue weighted by Gasteiger charge is 2.43. The summed E-state index contributed by atoms with van der Waals surface area (Å²) >= 11 is 0. The summed E-state index contributed by atoms with van der Waals surface area (Å²) in [6.45, 7) is 6.58. The summed E-state index contributed by atoms with van der Waals surface area (Å²) in [6.07, 6.45) is -0.867. The third-order valence-electron chi connectivity index (χ3n) is 3.09. The zero-order valence-corrected chi connectivity index (χ0v) is 9.74. The molecule has 1 unspecified atom stereocenters. The predicted octanol–water partition coefficient (Wildman–Crippen LogP) is -0.181. The van der Waals surface area contributed by atoms with Crippen LogP contribution in [0.2, 0.25) is 0 Å². The molecule has 0 rings (SSSR count). The molecule has 4 N–H and O–H groups in total. The average Bonchev–Trinajstić information content (AvgIpc) is 2.13. The number of hydrogen-bond donors (Lipinski definition) is 4. The van der Waals surface area contributed by atoms with Gasteiger partial charge >= 0.3 is 5.97 Å². The van der Waals surface area contributed by atoms with Crippen LogP contribution in [-0.4, -0.2) is 46.1 Å². The van der Waals surface area contributed by atoms with Gasteiger partial charge in [-0.1, -0.05) is 0 Å². The molecule has 0 saturated heterocycles. The molecule has 0 aromatic carbocycles. The summed E-state index contributed by atoms with van der Waals surface area (Å²) < 4.78 is 0. The van der Waals surface area contributed by atoms with Gasteiger partial charge < -0.3 is 20.6 Å². The maximum atomic E-state index is 11.0. The standard InChI is InChI=1S/C10H21NO4/c1-9(2,8(14)15)10(3,4)11-5-7(13)6-12/h7,11-13H,5-6H2,1-4H3,(H,14,15). The maximum Gasteiger partial charge on any atom is 0.310 e. The van der Waals surface area contributed by atoms with Crippen molar-refractivity contribution in [3.05, 3.63) is 0 Å². The molecule has 0 aromatic rings. The Balaban J connectivity index is 4.47. The fourth-order valence-corrected chi connectivity index (χ4v) is 0.926. The van der Waals surface area contributed by atoms with E-state index >= 15 is 0 Å². The molecular weight excluding hydrogens is 198 g/mol. The van der Waals surface area contributed by atoms with Crippen LogP contribution in [0.25, 0.3) is 0 Å². The highest BCUT2D eigenvalue weighted by Crippen LogP contribution is 2.30. The van der Waals surface area contributed by atoms with E-state index in [1.165, 1.54) is 0 Å². The molecule has 1 atom stereocenters. The molecule has 90 valence electrons. The summed E-state index contributed by atoms with van der Waals surface area (Å²) in [5, 5.41) is 29.8. The molecule has 0 aliphatic carbocycles. The van der Waals surface area contributed by atoms with Crippen LogP contribution >= 0.6 is 0 Å². The van der Waals surface area contributed by atoms with E-state index in [4.69, 9.17) is 15.3 Å². The Morgan fingerprint density at radius 2 is 1.80 bits per heavy atom. The van der Waals surface area contributed by atoms with Gasteiger partial charge in [-0.15, -0.1) is 0 Å². The van der Waals surface area contributed by atoms with Crippen molar-refractivity contribution in [3.63, 3.8) is 0 Å². The van der Waals surface area contributed by atoms with Gasteiger partial charge in [0.15, 0.2) is 0 Å². The number of rotatable bonds is 6. The number of nitrogens with one attached hydrogen (secondary N) is 1. The van der Waals surface area contributed by atoms with Crippen LogP contribution in [0.1, 0.15) is 27.7 Å². The molecule has 0 radical (unpaired) electrons. The van der Waals surface area contributed by atoms with Crippen LogP contribution in [-0.2, 0) is 4.79 Å². The number of β-amino-alcohol motifs (C(OH)–C–C–N with tert-alkyl or cyclic N) is 1. The molecule has 0 bridgehead atoms. The average molecular weight is 219 g/mol. The molecule has 0 aliphatic heterocycles. The zero-order chi connectivity index (χ0) is 12.3. The zero-order valence-electron chi connectivity index (χ0n) is 9.74. The SMILES string of the molecule is CC(C)(NCC(O)CO)C(C)(C)C(=O)O. The van der Waals surface area contributed by atoms with Crippen molar-refractivity contribution in [2.75, 3.05) is 13.2 Å². The molecule has 0 aliphatic rings. The third-order valence-corrected chi connectivity index (χ3v) is 3.09. The van der Waals surface area contributed by atoms with Gasteiger partial charge in [0.1, 0.15) is 0 Å². The van der Waals surface area contributed by atoms with Crippen molar-refractivity contribution in [2.24, 2.45) is 5.41 Å². The Morgan fingerprint density at radius 3 is 2.13 bits per heavy atom. The predicted molar refractivity (Wildman–Crippen MR) is 56.6 cm³/mol. The number of hydrogen-bond acceptors (Lipinski definition) is 4. The molecule has 0 fully saturated rings. The Morgan fingerprint density at radius 1 is 1.33 bits per heavy atom. The second kappa shape index (κ2) is 4.92. The van der Waals surface area contributed by atoms with Crippen LogP contribution in [0.3, 0.4) is 0 Å². The monoisotopic (exact) mass is 219 g/mol. The lowest BCUT2D eigenvalue weighted by Gasteiger charge is -2.39. The highest BCUT2D eigenvalue weighted by atomic mass is 16.4. The summed E-state index contributed by atoms with van der Waals surface area (Å²) in [6, 6.07) is 0. The number of aliphatic hydroxyl groups is 2. The van der Waals surface area contributed by atoms with Crippen molar-refractivity contribution in [2.45, 2.75) is 39.3 Å². The first-order valence-electron chi connectivity index (χ1n) is 4.92. The molecular formula is C10H21NO4. The maximum absolute atomic E-state index is 11.0. The number of carbonyl (C=O) groups is 1. The highest BCUT2D eigenvalue weighted by molar-refractivity contribution is 5.75. The second-order valence-electron chi connectivity index (χ2n) is 4.77. The van der Waals surface area contributed by atoms with Crippen LogP contribution in [0.5, 0.6) is 0 Å². The van der Waals surface area contributed by atoms with Crippen LogP contribution < -0.4 is 5.32 Å². The lowest BCUT2D eigenvalue weighted by Crippen LogP contribution is -2.56. The first-order chi connectivity index (χ1) is 6.65. The summed E-state index contributed by atoms with van der Waals surface area (Å²) in [5.41, 5.74) is -1.63. The Hall–Kier alpha value is -0.650. The van der Waals surface area contributed by atoms with Crippen LogP contribution in [0.15, 0.2) is 0 Å². The van der Waals surface area contributed by atoms with Crippen molar-refractivity contribution in [1.82, 2.24) is 5.32 Å². The fraction of sp³-hybridized carbons (Fsp3) is 0.900. The van der Waals surface area contributed by atoms with Crippen LogP contribution in [0.4, 0.5) is 0 Å². The fourth-order valence-electron chi connectivity index (χ4n) is 0.926. The van der Waals surface area contributed by atoms with Crippen molar-refractivity contribution >= 4 is 5.97 Å². The van der Waals surface area contributed by atoms with E-state index in [1.54, 1.807) is 27.7 Å². The van der Waals surface area contributed by atoms with E-state index in [9.17, 15) is 4.79 Å². The molecule has 5 nitrogen and oxygen atoms in total. The lowest BCUT2D eigenvalue weighted by molar-refractivity contribution is -0.151. The molecule has 0 saturated carbocycles. The summed E-state index contributed by atoms with van der Waals surface area (Å²) in [7, 11) is 0. The Kier molecular flexibility index (Phi) is 4.70. The van der Waals surface area contributed by atoms with E-state index in [0.29, 0.717) is 0 Å². The molecule has 15 heavy (non-hydrogen) atoms. The van der Waals surface area contributed by atoms with Gasteiger partial charge in [-0.05, 0) is 27.7 Å². The first-order valence-corrected chi connectivity index (χ1v) is 4.92. The molecule has 0 amide bonds. The van der Waals surface area contributed by atoms with Gasteiger partial charge in [0.25, 0.3) is 0 Å². The topological polar surface area (TPSA) is 89.8 Å². The quantitative estimate of drug-likeness (QED) is 0.497. The molecule has 5 heteroatoms. The van der Waals surface area contributed by atoms with Gasteiger partial charge in [0, 0.05) is 12.1 Å². The normalized spacial score (nSPS) is 15.1. The van der Waals surface area contributed by atoms with E-state index in [0.717, 1.165) is 0 Å². The van der Waals surface area contributed by atoms with Crippen molar-refractivity contribution in [3.8, 4) is 0 Å². The lowest BCUT2D eigenvalue weighted by atomic mass is 9.74. The summed E-state index contributed by atoms with van der Waals surface area (Å²) in [4.78, 5) is 11.0. The van der Waals surface area contributed by atoms with E-state index in [-0.39, 0.29) is 13.2 Å². The largest absolute Gasteiger partial charge is 0.481 e. The minimum atomic E-state index is -0.956. The summed E-state index contributed by atoms with van der Waals surface area (Å²) in [5.74, 6) is -0.904. The van der Waals surface area contributed by atoms with Gasteiger partial charge in [-0.3, -0.25) is 4.79 Å². The Bertz CT molecular complexity index is 225. The molecule has 0 heterocycles. The van der Waals surface area contributed by atoms with Gasteiger partial charge in [-0.25, -0.2) is 0 Å². The third kappa shape index (κ3) is 3.44.